The maximum atomic E-state index is 11.6. The first-order chi connectivity index (χ1) is 13.3. The highest BCUT2D eigenvalue weighted by Gasteiger charge is 2.16. The summed E-state index contributed by atoms with van der Waals surface area (Å²) in [7, 11) is 0. The number of carbonyl (C=O) groups excluding carboxylic acids is 3. The van der Waals surface area contributed by atoms with Crippen molar-refractivity contribution in [3.63, 3.8) is 0 Å². The summed E-state index contributed by atoms with van der Waals surface area (Å²) in [5.74, 6) is -0.163. The van der Waals surface area contributed by atoms with Crippen LogP contribution >= 0.6 is 0 Å². The van der Waals surface area contributed by atoms with Crippen molar-refractivity contribution in [2.75, 3.05) is 5.32 Å². The third kappa shape index (κ3) is 10.2. The molecule has 1 aliphatic heterocycles. The molecule has 0 atom stereocenters. The van der Waals surface area contributed by atoms with Gasteiger partial charge in [-0.1, -0.05) is 6.58 Å². The molecule has 1 aromatic rings. The van der Waals surface area contributed by atoms with Gasteiger partial charge in [0.2, 0.25) is 5.91 Å². The van der Waals surface area contributed by atoms with Gasteiger partial charge in [0.15, 0.2) is 0 Å². The average Bonchev–Trinajstić information content (AvgIpc) is 2.57. The van der Waals surface area contributed by atoms with Gasteiger partial charge in [-0.15, -0.1) is 0 Å². The second kappa shape index (κ2) is 10.0. The van der Waals surface area contributed by atoms with Crippen LogP contribution in [0.2, 0.25) is 0 Å². The average molecular weight is 402 g/mol. The van der Waals surface area contributed by atoms with E-state index in [-0.39, 0.29) is 17.8 Å². The molecule has 0 saturated carbocycles. The number of aromatic nitrogens is 1. The zero-order valence-electron chi connectivity index (χ0n) is 18.0. The first kappa shape index (κ1) is 24.1. The molecule has 1 amide bonds. The summed E-state index contributed by atoms with van der Waals surface area (Å²) >= 11 is 0. The number of hydrogen-bond acceptors (Lipinski definition) is 6. The molecule has 0 radical (unpaired) electrons. The monoisotopic (exact) mass is 402 g/mol. The first-order valence-corrected chi connectivity index (χ1v) is 9.34. The Morgan fingerprint density at radius 3 is 2.17 bits per heavy atom. The summed E-state index contributed by atoms with van der Waals surface area (Å²) in [5, 5.41) is 2.72. The summed E-state index contributed by atoms with van der Waals surface area (Å²) in [6.07, 6.45) is 6.96. The number of rotatable bonds is 3. The van der Waals surface area contributed by atoms with Gasteiger partial charge >= 0.3 is 11.9 Å². The molecule has 1 aliphatic rings. The lowest BCUT2D eigenvalue weighted by Crippen LogP contribution is -2.22. The molecule has 1 N–H and O–H groups in total. The number of pyridine rings is 1. The molecule has 2 heterocycles. The van der Waals surface area contributed by atoms with E-state index in [1.54, 1.807) is 12.3 Å². The predicted molar refractivity (Wildman–Crippen MR) is 112 cm³/mol. The van der Waals surface area contributed by atoms with Crippen molar-refractivity contribution >= 4 is 29.7 Å². The topological polar surface area (TPSA) is 94.6 Å². The van der Waals surface area contributed by atoms with Crippen molar-refractivity contribution in [1.82, 2.24) is 4.98 Å². The van der Waals surface area contributed by atoms with Crippen LogP contribution in [0.15, 0.2) is 31.0 Å². The standard InChI is InChI=1S/C15H18N2O3.C7H12O2/c1-15(2,3)20-13(19)7-4-10-8-11-5-6-12(18)17-14(11)16-9-10;1-5-6(8)9-7(2,3)4/h4,7-9H,5-6H2,1-3H3,(H,16,17,18);5H,1H2,2-4H3/b7-4+;. The zero-order chi connectivity index (χ0) is 22.2. The van der Waals surface area contributed by atoms with Gasteiger partial charge in [-0.3, -0.25) is 4.79 Å². The third-order valence-corrected chi connectivity index (χ3v) is 3.26. The molecule has 0 unspecified atom stereocenters. The van der Waals surface area contributed by atoms with Gasteiger partial charge in [0.25, 0.3) is 0 Å². The van der Waals surface area contributed by atoms with Gasteiger partial charge < -0.3 is 14.8 Å². The molecule has 0 aliphatic carbocycles. The molecular weight excluding hydrogens is 372 g/mol. The van der Waals surface area contributed by atoms with Crippen molar-refractivity contribution in [3.05, 3.63) is 42.1 Å². The lowest BCUT2D eigenvalue weighted by molar-refractivity contribution is -0.149. The maximum absolute atomic E-state index is 11.6. The van der Waals surface area contributed by atoms with Gasteiger partial charge in [-0.2, -0.15) is 0 Å². The van der Waals surface area contributed by atoms with Gasteiger partial charge in [-0.25, -0.2) is 14.6 Å². The minimum absolute atomic E-state index is 0.0120. The van der Waals surface area contributed by atoms with Gasteiger partial charge in [0.05, 0.1) is 0 Å². The van der Waals surface area contributed by atoms with E-state index in [0.29, 0.717) is 18.7 Å². The Hall–Kier alpha value is -2.96. The fourth-order valence-electron chi connectivity index (χ4n) is 2.21. The second-order valence-electron chi connectivity index (χ2n) is 8.43. The quantitative estimate of drug-likeness (QED) is 0.610. The number of amides is 1. The molecular formula is C22H30N2O5. The van der Waals surface area contributed by atoms with Crippen LogP contribution in [0.1, 0.15) is 59.1 Å². The van der Waals surface area contributed by atoms with Crippen molar-refractivity contribution in [2.45, 2.75) is 65.6 Å². The fourth-order valence-corrected chi connectivity index (χ4v) is 2.21. The Bertz CT molecular complexity index is 798. The van der Waals surface area contributed by atoms with Crippen molar-refractivity contribution < 1.29 is 23.9 Å². The minimum Gasteiger partial charge on any atom is -0.457 e. The smallest absolute Gasteiger partial charge is 0.331 e. The highest BCUT2D eigenvalue weighted by Crippen LogP contribution is 2.21. The molecule has 0 bridgehead atoms. The van der Waals surface area contributed by atoms with Gasteiger partial charge in [-0.05, 0) is 71.2 Å². The Labute approximate surface area is 172 Å². The molecule has 158 valence electrons. The Morgan fingerprint density at radius 1 is 1.07 bits per heavy atom. The molecule has 0 saturated heterocycles. The van der Waals surface area contributed by atoms with E-state index in [1.165, 1.54) is 6.08 Å². The zero-order valence-corrected chi connectivity index (χ0v) is 18.0. The molecule has 29 heavy (non-hydrogen) atoms. The van der Waals surface area contributed by atoms with Crippen LogP contribution < -0.4 is 5.32 Å². The van der Waals surface area contributed by atoms with Crippen molar-refractivity contribution in [3.8, 4) is 0 Å². The number of carbonyl (C=O) groups is 3. The summed E-state index contributed by atoms with van der Waals surface area (Å²) in [6, 6.07) is 1.92. The SMILES string of the molecule is C=CC(=O)OC(C)(C)C.CC(C)(C)OC(=O)/C=C/c1cnc2c(c1)CCC(=O)N2. The number of fused-ring (bicyclic) bond motifs is 1. The molecule has 7 nitrogen and oxygen atoms in total. The van der Waals surface area contributed by atoms with Crippen LogP contribution in [0.4, 0.5) is 5.82 Å². The van der Waals surface area contributed by atoms with Crippen LogP contribution in [0.25, 0.3) is 6.08 Å². The molecule has 7 heteroatoms. The fraction of sp³-hybridized carbons (Fsp3) is 0.455. The van der Waals surface area contributed by atoms with Gasteiger partial charge in [0.1, 0.15) is 17.0 Å². The summed E-state index contributed by atoms with van der Waals surface area (Å²) in [6.45, 7) is 14.2. The normalized spacial score (nSPS) is 13.5. The van der Waals surface area contributed by atoms with Gasteiger partial charge in [0, 0.05) is 24.8 Å². The highest BCUT2D eigenvalue weighted by atomic mass is 16.6. The van der Waals surface area contributed by atoms with Crippen molar-refractivity contribution in [2.24, 2.45) is 0 Å². The van der Waals surface area contributed by atoms with E-state index in [1.807, 2.05) is 47.6 Å². The number of nitrogens with one attached hydrogen (secondary N) is 1. The number of ether oxygens (including phenoxy) is 2. The summed E-state index contributed by atoms with van der Waals surface area (Å²) < 4.78 is 10.0. The van der Waals surface area contributed by atoms with E-state index < -0.39 is 11.2 Å². The van der Waals surface area contributed by atoms with Crippen molar-refractivity contribution in [1.29, 1.82) is 0 Å². The number of aryl methyl sites for hydroxylation is 1. The van der Waals surface area contributed by atoms with Crippen LogP contribution in [0.3, 0.4) is 0 Å². The van der Waals surface area contributed by atoms with E-state index in [9.17, 15) is 14.4 Å². The number of nitrogens with zero attached hydrogens (tertiary/aromatic N) is 1. The molecule has 2 rings (SSSR count). The summed E-state index contributed by atoms with van der Waals surface area (Å²) in [4.78, 5) is 37.5. The first-order valence-electron chi connectivity index (χ1n) is 9.34. The van der Waals surface area contributed by atoms with E-state index in [0.717, 1.165) is 17.2 Å². The molecule has 0 fully saturated rings. The number of esters is 2. The van der Waals surface area contributed by atoms with E-state index >= 15 is 0 Å². The Balaban J connectivity index is 0.000000396. The molecule has 1 aromatic heterocycles. The second-order valence-corrected chi connectivity index (χ2v) is 8.43. The Kier molecular flexibility index (Phi) is 8.30. The minimum atomic E-state index is -0.500. The largest absolute Gasteiger partial charge is 0.457 e. The number of anilines is 1. The van der Waals surface area contributed by atoms with Crippen LogP contribution in [0, 0.1) is 0 Å². The Morgan fingerprint density at radius 2 is 1.66 bits per heavy atom. The van der Waals surface area contributed by atoms with Crippen LogP contribution in [-0.4, -0.2) is 34.0 Å². The lowest BCUT2D eigenvalue weighted by atomic mass is 10.0. The summed E-state index contributed by atoms with van der Waals surface area (Å²) in [5.41, 5.74) is 0.896. The molecule has 0 aromatic carbocycles. The van der Waals surface area contributed by atoms with Crippen LogP contribution in [0.5, 0.6) is 0 Å². The van der Waals surface area contributed by atoms with E-state index in [2.05, 4.69) is 16.9 Å². The molecule has 0 spiro atoms. The third-order valence-electron chi connectivity index (χ3n) is 3.26. The maximum Gasteiger partial charge on any atom is 0.331 e. The number of hydrogen-bond donors (Lipinski definition) is 1. The van der Waals surface area contributed by atoms with E-state index in [4.69, 9.17) is 9.47 Å². The van der Waals surface area contributed by atoms with Crippen LogP contribution in [-0.2, 0) is 30.3 Å². The highest BCUT2D eigenvalue weighted by molar-refractivity contribution is 5.93. The predicted octanol–water partition coefficient (Wildman–Crippen LogP) is 3.84. The lowest BCUT2D eigenvalue weighted by Gasteiger charge is -2.18.